The highest BCUT2D eigenvalue weighted by Gasteiger charge is 2.18. The summed E-state index contributed by atoms with van der Waals surface area (Å²) in [7, 11) is 0. The second kappa shape index (κ2) is 5.31. The van der Waals surface area contributed by atoms with Crippen molar-refractivity contribution in [3.05, 3.63) is 47.0 Å². The van der Waals surface area contributed by atoms with Crippen LogP contribution in [0.2, 0.25) is 0 Å². The molecule has 2 rings (SSSR count). The summed E-state index contributed by atoms with van der Waals surface area (Å²) >= 11 is 0. The van der Waals surface area contributed by atoms with Crippen molar-refractivity contribution in [1.29, 1.82) is 10.5 Å². The molecule has 0 aliphatic carbocycles. The van der Waals surface area contributed by atoms with Crippen molar-refractivity contribution in [2.45, 2.75) is 6.61 Å². The SMILES string of the molecule is N#Cc1cc(O)c(O)c(C#N)c1-c1ccc(CO)cc1. The fourth-order valence-electron chi connectivity index (χ4n) is 1.93. The number of aromatic hydroxyl groups is 2. The van der Waals surface area contributed by atoms with Crippen LogP contribution in [0.1, 0.15) is 16.7 Å². The molecule has 0 atom stereocenters. The van der Waals surface area contributed by atoms with Crippen LogP contribution in [-0.2, 0) is 6.61 Å². The minimum Gasteiger partial charge on any atom is -0.504 e. The van der Waals surface area contributed by atoms with Gasteiger partial charge in [-0.3, -0.25) is 0 Å². The lowest BCUT2D eigenvalue weighted by molar-refractivity contribution is 0.282. The quantitative estimate of drug-likeness (QED) is 0.720. The lowest BCUT2D eigenvalue weighted by Crippen LogP contribution is -1.92. The molecule has 20 heavy (non-hydrogen) atoms. The third-order valence-electron chi connectivity index (χ3n) is 2.94. The number of aliphatic hydroxyl groups excluding tert-OH is 1. The minimum absolute atomic E-state index is 0.0913. The van der Waals surface area contributed by atoms with Gasteiger partial charge in [-0.2, -0.15) is 10.5 Å². The number of phenols is 2. The number of hydrogen-bond donors (Lipinski definition) is 3. The van der Waals surface area contributed by atoms with Gasteiger partial charge in [-0.15, -0.1) is 0 Å². The molecule has 0 aliphatic heterocycles. The second-order valence-electron chi connectivity index (χ2n) is 4.12. The zero-order valence-electron chi connectivity index (χ0n) is 10.3. The Morgan fingerprint density at radius 1 is 1.00 bits per heavy atom. The molecular formula is C15H10N2O3. The number of nitriles is 2. The van der Waals surface area contributed by atoms with Gasteiger partial charge in [0.05, 0.1) is 18.2 Å². The van der Waals surface area contributed by atoms with E-state index in [9.17, 15) is 10.2 Å². The van der Waals surface area contributed by atoms with E-state index in [2.05, 4.69) is 0 Å². The third kappa shape index (κ3) is 2.14. The summed E-state index contributed by atoms with van der Waals surface area (Å²) in [6.45, 7) is -0.114. The third-order valence-corrected chi connectivity index (χ3v) is 2.94. The topological polar surface area (TPSA) is 108 Å². The number of hydrogen-bond acceptors (Lipinski definition) is 5. The first kappa shape index (κ1) is 13.4. The first-order valence-corrected chi connectivity index (χ1v) is 5.71. The van der Waals surface area contributed by atoms with Gasteiger partial charge in [-0.05, 0) is 11.1 Å². The van der Waals surface area contributed by atoms with Gasteiger partial charge in [-0.1, -0.05) is 24.3 Å². The molecule has 5 heteroatoms. The maximum absolute atomic E-state index is 9.74. The average Bonchev–Trinajstić information content (AvgIpc) is 2.49. The predicted octanol–water partition coefficient (Wildman–Crippen LogP) is 2.00. The van der Waals surface area contributed by atoms with Gasteiger partial charge >= 0.3 is 0 Å². The number of rotatable bonds is 2. The fraction of sp³-hybridized carbons (Fsp3) is 0.0667. The molecule has 5 nitrogen and oxygen atoms in total. The van der Waals surface area contributed by atoms with Crippen LogP contribution in [0.5, 0.6) is 11.5 Å². The van der Waals surface area contributed by atoms with E-state index < -0.39 is 11.5 Å². The number of aliphatic hydroxyl groups is 1. The van der Waals surface area contributed by atoms with Crippen molar-refractivity contribution >= 4 is 0 Å². The Labute approximate surface area is 115 Å². The van der Waals surface area contributed by atoms with E-state index in [0.29, 0.717) is 11.1 Å². The van der Waals surface area contributed by atoms with Crippen molar-refractivity contribution in [2.75, 3.05) is 0 Å². The summed E-state index contributed by atoms with van der Waals surface area (Å²) < 4.78 is 0. The Balaban J connectivity index is 2.75. The molecule has 0 bridgehead atoms. The molecule has 98 valence electrons. The molecule has 0 radical (unpaired) electrons. The summed E-state index contributed by atoms with van der Waals surface area (Å²) in [5, 5.41) is 46.5. The summed E-state index contributed by atoms with van der Waals surface area (Å²) in [6, 6.07) is 11.4. The molecule has 0 heterocycles. The number of phenolic OH excluding ortho intramolecular Hbond substituents is 2. The van der Waals surface area contributed by atoms with Gasteiger partial charge in [0, 0.05) is 11.6 Å². The van der Waals surface area contributed by atoms with Crippen molar-refractivity contribution in [3.63, 3.8) is 0 Å². The molecule has 0 aromatic heterocycles. The Morgan fingerprint density at radius 2 is 1.65 bits per heavy atom. The van der Waals surface area contributed by atoms with Crippen molar-refractivity contribution in [3.8, 4) is 34.8 Å². The van der Waals surface area contributed by atoms with Crippen LogP contribution < -0.4 is 0 Å². The average molecular weight is 266 g/mol. The highest BCUT2D eigenvalue weighted by atomic mass is 16.3. The molecule has 2 aromatic rings. The van der Waals surface area contributed by atoms with E-state index in [1.165, 1.54) is 0 Å². The molecule has 3 N–H and O–H groups in total. The first-order valence-electron chi connectivity index (χ1n) is 5.71. The van der Waals surface area contributed by atoms with Crippen LogP contribution in [0, 0.1) is 22.7 Å². The normalized spacial score (nSPS) is 9.75. The Kier molecular flexibility index (Phi) is 3.56. The molecule has 0 saturated heterocycles. The molecule has 0 saturated carbocycles. The summed E-state index contributed by atoms with van der Waals surface area (Å²) in [6.07, 6.45) is 0. The van der Waals surface area contributed by atoms with Crippen LogP contribution in [-0.4, -0.2) is 15.3 Å². The standard InChI is InChI=1S/C15H10N2O3/c16-6-11-5-13(19)15(20)12(7-17)14(11)10-3-1-9(8-18)2-4-10/h1-5,18-20H,8H2. The van der Waals surface area contributed by atoms with Crippen LogP contribution in [0.3, 0.4) is 0 Å². The molecule has 2 aromatic carbocycles. The van der Waals surface area contributed by atoms with Gasteiger partial charge < -0.3 is 15.3 Å². The molecule has 0 spiro atoms. The first-order chi connectivity index (χ1) is 9.62. The van der Waals surface area contributed by atoms with E-state index in [-0.39, 0.29) is 23.3 Å². The Morgan fingerprint density at radius 3 is 2.15 bits per heavy atom. The number of benzene rings is 2. The van der Waals surface area contributed by atoms with E-state index in [0.717, 1.165) is 6.07 Å². The van der Waals surface area contributed by atoms with Gasteiger partial charge in [0.2, 0.25) is 0 Å². The molecule has 0 aliphatic rings. The van der Waals surface area contributed by atoms with Crippen molar-refractivity contribution in [2.24, 2.45) is 0 Å². The minimum atomic E-state index is -0.548. The van der Waals surface area contributed by atoms with Gasteiger partial charge in [0.1, 0.15) is 11.6 Å². The highest BCUT2D eigenvalue weighted by Crippen LogP contribution is 2.38. The monoisotopic (exact) mass is 266 g/mol. The predicted molar refractivity (Wildman–Crippen MR) is 70.6 cm³/mol. The van der Waals surface area contributed by atoms with Gasteiger partial charge in [0.15, 0.2) is 11.5 Å². The zero-order valence-corrected chi connectivity index (χ0v) is 10.3. The highest BCUT2D eigenvalue weighted by molar-refractivity contribution is 5.81. The smallest absolute Gasteiger partial charge is 0.176 e. The molecular weight excluding hydrogens is 256 g/mol. The largest absolute Gasteiger partial charge is 0.504 e. The number of nitrogens with zero attached hydrogens (tertiary/aromatic N) is 2. The molecule has 0 fully saturated rings. The van der Waals surface area contributed by atoms with Gasteiger partial charge in [0.25, 0.3) is 0 Å². The van der Waals surface area contributed by atoms with Gasteiger partial charge in [-0.25, -0.2) is 0 Å². The lowest BCUT2D eigenvalue weighted by Gasteiger charge is -2.10. The van der Waals surface area contributed by atoms with Crippen LogP contribution in [0.4, 0.5) is 0 Å². The van der Waals surface area contributed by atoms with E-state index >= 15 is 0 Å². The van der Waals surface area contributed by atoms with Crippen LogP contribution in [0.25, 0.3) is 11.1 Å². The van der Waals surface area contributed by atoms with Crippen LogP contribution >= 0.6 is 0 Å². The Hall–Kier alpha value is -3.02. The zero-order chi connectivity index (χ0) is 14.7. The van der Waals surface area contributed by atoms with Crippen molar-refractivity contribution in [1.82, 2.24) is 0 Å². The lowest BCUT2D eigenvalue weighted by atomic mass is 9.93. The second-order valence-corrected chi connectivity index (χ2v) is 4.12. The summed E-state index contributed by atoms with van der Waals surface area (Å²) in [4.78, 5) is 0. The van der Waals surface area contributed by atoms with E-state index in [1.807, 2.05) is 6.07 Å². The summed E-state index contributed by atoms with van der Waals surface area (Å²) in [5.41, 5.74) is 1.43. The fourth-order valence-corrected chi connectivity index (χ4v) is 1.93. The maximum Gasteiger partial charge on any atom is 0.176 e. The Bertz CT molecular complexity index is 738. The van der Waals surface area contributed by atoms with Crippen molar-refractivity contribution < 1.29 is 15.3 Å². The maximum atomic E-state index is 9.74. The van der Waals surface area contributed by atoms with Crippen LogP contribution in [0.15, 0.2) is 30.3 Å². The van der Waals surface area contributed by atoms with E-state index in [4.69, 9.17) is 15.6 Å². The molecule has 0 amide bonds. The summed E-state index contributed by atoms with van der Waals surface area (Å²) in [5.74, 6) is -1.05. The molecule has 0 unspecified atom stereocenters. The van der Waals surface area contributed by atoms with E-state index in [1.54, 1.807) is 30.3 Å².